The SMILES string of the molecule is CC(=O)N1C=Cc2ccccc2[C@H]1CC(=O)NNC(=S)NCCC(C)C. The van der Waals surface area contributed by atoms with Gasteiger partial charge in [-0.2, -0.15) is 0 Å². The molecule has 6 nitrogen and oxygen atoms in total. The highest BCUT2D eigenvalue weighted by molar-refractivity contribution is 7.80. The molecule has 0 saturated carbocycles. The molecule has 26 heavy (non-hydrogen) atoms. The number of nitrogens with zero attached hydrogens (tertiary/aromatic N) is 1. The van der Waals surface area contributed by atoms with Crippen LogP contribution in [0.15, 0.2) is 30.5 Å². The maximum atomic E-state index is 12.4. The first kappa shape index (κ1) is 19.9. The maximum Gasteiger partial charge on any atom is 0.240 e. The van der Waals surface area contributed by atoms with Crippen molar-refractivity contribution in [3.8, 4) is 0 Å². The minimum Gasteiger partial charge on any atom is -0.361 e. The fourth-order valence-corrected chi connectivity index (χ4v) is 2.94. The van der Waals surface area contributed by atoms with Gasteiger partial charge in [0.1, 0.15) is 0 Å². The van der Waals surface area contributed by atoms with E-state index in [0.717, 1.165) is 24.1 Å². The van der Waals surface area contributed by atoms with Gasteiger partial charge in [-0.3, -0.25) is 20.4 Å². The molecule has 1 aliphatic rings. The normalized spacial score (nSPS) is 15.4. The zero-order valence-electron chi connectivity index (χ0n) is 15.4. The van der Waals surface area contributed by atoms with E-state index in [9.17, 15) is 9.59 Å². The van der Waals surface area contributed by atoms with E-state index in [1.165, 1.54) is 6.92 Å². The number of hydrogen-bond donors (Lipinski definition) is 3. The van der Waals surface area contributed by atoms with E-state index in [1.807, 2.05) is 30.3 Å². The van der Waals surface area contributed by atoms with Crippen LogP contribution in [0.5, 0.6) is 0 Å². The van der Waals surface area contributed by atoms with Crippen LogP contribution in [-0.4, -0.2) is 28.4 Å². The Morgan fingerprint density at radius 2 is 1.96 bits per heavy atom. The van der Waals surface area contributed by atoms with Crippen LogP contribution in [0, 0.1) is 5.92 Å². The minimum absolute atomic E-state index is 0.104. The molecule has 2 amide bonds. The fraction of sp³-hybridized carbons (Fsp3) is 0.421. The lowest BCUT2D eigenvalue weighted by Gasteiger charge is -2.32. The molecular weight excluding hydrogens is 348 g/mol. The van der Waals surface area contributed by atoms with Crippen molar-refractivity contribution in [2.24, 2.45) is 5.92 Å². The molecule has 0 fully saturated rings. The van der Waals surface area contributed by atoms with Gasteiger partial charge in [0.05, 0.1) is 12.5 Å². The topological polar surface area (TPSA) is 73.5 Å². The number of nitrogens with one attached hydrogen (secondary N) is 3. The predicted molar refractivity (Wildman–Crippen MR) is 107 cm³/mol. The molecule has 0 saturated heterocycles. The smallest absolute Gasteiger partial charge is 0.240 e. The monoisotopic (exact) mass is 374 g/mol. The summed E-state index contributed by atoms with van der Waals surface area (Å²) in [7, 11) is 0. The zero-order chi connectivity index (χ0) is 19.1. The molecule has 140 valence electrons. The van der Waals surface area contributed by atoms with Gasteiger partial charge in [-0.1, -0.05) is 38.1 Å². The van der Waals surface area contributed by atoms with E-state index in [4.69, 9.17) is 12.2 Å². The summed E-state index contributed by atoms with van der Waals surface area (Å²) in [6.45, 7) is 6.52. The fourth-order valence-electron chi connectivity index (χ4n) is 2.78. The van der Waals surface area contributed by atoms with Gasteiger partial charge in [-0.05, 0) is 41.8 Å². The van der Waals surface area contributed by atoms with Gasteiger partial charge in [0.25, 0.3) is 0 Å². The average Bonchev–Trinajstić information content (AvgIpc) is 2.59. The molecule has 7 heteroatoms. The van der Waals surface area contributed by atoms with Gasteiger partial charge in [-0.15, -0.1) is 0 Å². The second kappa shape index (κ2) is 9.33. The molecule has 0 radical (unpaired) electrons. The van der Waals surface area contributed by atoms with Crippen molar-refractivity contribution in [1.29, 1.82) is 0 Å². The van der Waals surface area contributed by atoms with Crippen molar-refractivity contribution in [3.05, 3.63) is 41.6 Å². The first-order valence-electron chi connectivity index (χ1n) is 8.77. The second-order valence-electron chi connectivity index (χ2n) is 6.70. The number of fused-ring (bicyclic) bond motifs is 1. The standard InChI is InChI=1S/C19H26N4O2S/c1-13(2)8-10-20-19(26)22-21-18(25)12-17-16-7-5-4-6-15(16)9-11-23(17)14(3)24/h4-7,9,11,13,17H,8,10,12H2,1-3H3,(H,21,25)(H2,20,22,26)/t17-/m1/s1. The number of hydrazine groups is 1. The Kier molecular flexibility index (Phi) is 7.15. The molecule has 0 aliphatic carbocycles. The van der Waals surface area contributed by atoms with E-state index in [1.54, 1.807) is 11.1 Å². The van der Waals surface area contributed by atoms with Crippen molar-refractivity contribution < 1.29 is 9.59 Å². The molecule has 1 heterocycles. The van der Waals surface area contributed by atoms with Gasteiger partial charge < -0.3 is 10.2 Å². The third-order valence-corrected chi connectivity index (χ3v) is 4.42. The molecule has 1 aromatic carbocycles. The van der Waals surface area contributed by atoms with Crippen molar-refractivity contribution in [2.45, 2.75) is 39.7 Å². The number of thiocarbonyl (C=S) groups is 1. The van der Waals surface area contributed by atoms with E-state index in [-0.39, 0.29) is 24.3 Å². The molecule has 1 aromatic rings. The molecule has 0 spiro atoms. The molecule has 1 atom stereocenters. The Morgan fingerprint density at radius 3 is 2.65 bits per heavy atom. The van der Waals surface area contributed by atoms with Crippen LogP contribution in [0.25, 0.3) is 6.08 Å². The van der Waals surface area contributed by atoms with Crippen molar-refractivity contribution >= 4 is 35.2 Å². The molecule has 0 bridgehead atoms. The number of hydrogen-bond acceptors (Lipinski definition) is 3. The molecule has 3 N–H and O–H groups in total. The molecule has 0 unspecified atom stereocenters. The number of amides is 2. The lowest BCUT2D eigenvalue weighted by Crippen LogP contribution is -2.48. The van der Waals surface area contributed by atoms with Crippen LogP contribution in [0.3, 0.4) is 0 Å². The van der Waals surface area contributed by atoms with Crippen molar-refractivity contribution in [2.75, 3.05) is 6.54 Å². The number of carbonyl (C=O) groups is 2. The summed E-state index contributed by atoms with van der Waals surface area (Å²) >= 11 is 5.14. The first-order valence-corrected chi connectivity index (χ1v) is 9.18. The highest BCUT2D eigenvalue weighted by Crippen LogP contribution is 2.32. The van der Waals surface area contributed by atoms with Gasteiger partial charge in [0.15, 0.2) is 5.11 Å². The number of rotatable bonds is 5. The summed E-state index contributed by atoms with van der Waals surface area (Å²) in [6.07, 6.45) is 4.75. The number of benzene rings is 1. The van der Waals surface area contributed by atoms with E-state index in [2.05, 4.69) is 30.0 Å². The third kappa shape index (κ3) is 5.56. The van der Waals surface area contributed by atoms with Crippen LogP contribution in [0.2, 0.25) is 0 Å². The zero-order valence-corrected chi connectivity index (χ0v) is 16.2. The number of carbonyl (C=O) groups excluding carboxylic acids is 2. The Balaban J connectivity index is 1.93. The van der Waals surface area contributed by atoms with Crippen LogP contribution < -0.4 is 16.2 Å². The van der Waals surface area contributed by atoms with E-state index < -0.39 is 0 Å². The highest BCUT2D eigenvalue weighted by atomic mass is 32.1. The van der Waals surface area contributed by atoms with Crippen LogP contribution in [0.1, 0.15) is 50.8 Å². The van der Waals surface area contributed by atoms with Gasteiger partial charge in [0, 0.05) is 19.7 Å². The quantitative estimate of drug-likeness (QED) is 0.545. The van der Waals surface area contributed by atoms with Gasteiger partial charge in [-0.25, -0.2) is 0 Å². The van der Waals surface area contributed by atoms with Crippen molar-refractivity contribution in [1.82, 2.24) is 21.1 Å². The first-order chi connectivity index (χ1) is 12.4. The third-order valence-electron chi connectivity index (χ3n) is 4.17. The Hall–Kier alpha value is -2.41. The molecule has 2 rings (SSSR count). The summed E-state index contributed by atoms with van der Waals surface area (Å²) in [5, 5.41) is 3.43. The average molecular weight is 375 g/mol. The summed E-state index contributed by atoms with van der Waals surface area (Å²) < 4.78 is 0. The second-order valence-corrected chi connectivity index (χ2v) is 7.11. The van der Waals surface area contributed by atoms with Crippen molar-refractivity contribution in [3.63, 3.8) is 0 Å². The van der Waals surface area contributed by atoms with E-state index in [0.29, 0.717) is 11.0 Å². The van der Waals surface area contributed by atoms with Gasteiger partial charge in [0.2, 0.25) is 11.8 Å². The largest absolute Gasteiger partial charge is 0.361 e. The van der Waals surface area contributed by atoms with E-state index >= 15 is 0 Å². The minimum atomic E-state index is -0.335. The lowest BCUT2D eigenvalue weighted by atomic mass is 9.93. The summed E-state index contributed by atoms with van der Waals surface area (Å²) in [5.41, 5.74) is 7.29. The Labute approximate surface area is 160 Å². The molecular formula is C19H26N4O2S. The molecule has 0 aromatic heterocycles. The Morgan fingerprint density at radius 1 is 1.23 bits per heavy atom. The summed E-state index contributed by atoms with van der Waals surface area (Å²) in [6, 6.07) is 7.43. The predicted octanol–water partition coefficient (Wildman–Crippen LogP) is 2.49. The van der Waals surface area contributed by atoms with Crippen LogP contribution >= 0.6 is 12.2 Å². The van der Waals surface area contributed by atoms with Crippen LogP contribution in [-0.2, 0) is 9.59 Å². The highest BCUT2D eigenvalue weighted by Gasteiger charge is 2.28. The maximum absolute atomic E-state index is 12.4. The van der Waals surface area contributed by atoms with Crippen LogP contribution in [0.4, 0.5) is 0 Å². The van der Waals surface area contributed by atoms with Gasteiger partial charge >= 0.3 is 0 Å². The molecule has 1 aliphatic heterocycles. The Bertz CT molecular complexity index is 703. The summed E-state index contributed by atoms with van der Waals surface area (Å²) in [4.78, 5) is 25.9. The summed E-state index contributed by atoms with van der Waals surface area (Å²) in [5.74, 6) is 0.239. The lowest BCUT2D eigenvalue weighted by molar-refractivity contribution is -0.130.